The maximum Gasteiger partial charge on any atom is 0.257 e. The standard InChI is InChI=1S/C22H28N2O2S/c1-4-6-14-26-18-11-9-10-17(15-18)21(25)24-22(27)23-20-13-8-7-12-19(20)16(3)5-2/h7-13,15-16H,4-6,14H2,1-3H3,(H2,23,24,25,27). The largest absolute Gasteiger partial charge is 0.494 e. The maximum atomic E-state index is 12.5. The van der Waals surface area contributed by atoms with Crippen molar-refractivity contribution in [2.45, 2.75) is 46.0 Å². The third kappa shape index (κ3) is 6.36. The van der Waals surface area contributed by atoms with Crippen molar-refractivity contribution in [1.29, 1.82) is 0 Å². The Morgan fingerprint density at radius 1 is 1.15 bits per heavy atom. The molecule has 0 aliphatic rings. The zero-order valence-corrected chi connectivity index (χ0v) is 17.1. The first-order valence-electron chi connectivity index (χ1n) is 9.49. The normalized spacial score (nSPS) is 11.5. The van der Waals surface area contributed by atoms with Gasteiger partial charge in [0.1, 0.15) is 5.75 Å². The molecule has 0 fully saturated rings. The number of rotatable bonds is 8. The van der Waals surface area contributed by atoms with Crippen molar-refractivity contribution in [2.75, 3.05) is 11.9 Å². The van der Waals surface area contributed by atoms with E-state index in [0.29, 0.717) is 23.8 Å². The fourth-order valence-electron chi connectivity index (χ4n) is 2.65. The Hall–Kier alpha value is -2.40. The van der Waals surface area contributed by atoms with Crippen molar-refractivity contribution in [3.05, 3.63) is 59.7 Å². The predicted octanol–water partition coefficient (Wildman–Crippen LogP) is 5.51. The van der Waals surface area contributed by atoms with Gasteiger partial charge in [0.15, 0.2) is 5.11 Å². The number of benzene rings is 2. The fourth-order valence-corrected chi connectivity index (χ4v) is 2.85. The molecular formula is C22H28N2O2S. The molecule has 4 nitrogen and oxygen atoms in total. The van der Waals surface area contributed by atoms with Gasteiger partial charge in [0, 0.05) is 11.3 Å². The SMILES string of the molecule is CCCCOc1cccc(C(=O)NC(=S)Nc2ccccc2C(C)CC)c1. The molecule has 1 amide bonds. The summed E-state index contributed by atoms with van der Waals surface area (Å²) in [4.78, 5) is 12.5. The summed E-state index contributed by atoms with van der Waals surface area (Å²) in [6.45, 7) is 7.08. The fraction of sp³-hybridized carbons (Fsp3) is 0.364. The lowest BCUT2D eigenvalue weighted by Gasteiger charge is -2.17. The molecule has 0 radical (unpaired) electrons. The minimum Gasteiger partial charge on any atom is -0.494 e. The van der Waals surface area contributed by atoms with Crippen molar-refractivity contribution >= 4 is 28.9 Å². The van der Waals surface area contributed by atoms with Gasteiger partial charge in [0.2, 0.25) is 0 Å². The Bertz CT molecular complexity index is 776. The van der Waals surface area contributed by atoms with Crippen molar-refractivity contribution < 1.29 is 9.53 Å². The molecule has 0 aliphatic carbocycles. The number of hydrogen-bond acceptors (Lipinski definition) is 3. The quantitative estimate of drug-likeness (QED) is 0.466. The number of hydrogen-bond donors (Lipinski definition) is 2. The molecule has 5 heteroatoms. The predicted molar refractivity (Wildman–Crippen MR) is 116 cm³/mol. The van der Waals surface area contributed by atoms with Crippen LogP contribution < -0.4 is 15.4 Å². The van der Waals surface area contributed by atoms with Gasteiger partial charge >= 0.3 is 0 Å². The number of thiocarbonyl (C=S) groups is 1. The molecule has 0 heterocycles. The molecule has 0 saturated carbocycles. The van der Waals surface area contributed by atoms with Gasteiger partial charge in [0.25, 0.3) is 5.91 Å². The smallest absolute Gasteiger partial charge is 0.257 e. The first-order chi connectivity index (χ1) is 13.0. The van der Waals surface area contributed by atoms with Gasteiger partial charge in [0.05, 0.1) is 6.61 Å². The second-order valence-corrected chi connectivity index (χ2v) is 6.94. The minimum absolute atomic E-state index is 0.255. The summed E-state index contributed by atoms with van der Waals surface area (Å²) in [5, 5.41) is 6.19. The second kappa shape index (κ2) is 10.7. The van der Waals surface area contributed by atoms with E-state index < -0.39 is 0 Å². The van der Waals surface area contributed by atoms with Crippen LogP contribution in [0.15, 0.2) is 48.5 Å². The maximum absolute atomic E-state index is 12.5. The molecule has 0 spiro atoms. The summed E-state index contributed by atoms with van der Waals surface area (Å²) >= 11 is 5.34. The first kappa shape index (κ1) is 20.9. The van der Waals surface area contributed by atoms with Crippen LogP contribution in [-0.4, -0.2) is 17.6 Å². The monoisotopic (exact) mass is 384 g/mol. The zero-order chi connectivity index (χ0) is 19.6. The van der Waals surface area contributed by atoms with Crippen LogP contribution in [0.4, 0.5) is 5.69 Å². The number of unbranched alkanes of at least 4 members (excludes halogenated alkanes) is 1. The summed E-state index contributed by atoms with van der Waals surface area (Å²) in [6.07, 6.45) is 3.08. The summed E-state index contributed by atoms with van der Waals surface area (Å²) in [5.41, 5.74) is 2.63. The lowest BCUT2D eigenvalue weighted by Crippen LogP contribution is -2.34. The highest BCUT2D eigenvalue weighted by atomic mass is 32.1. The average molecular weight is 385 g/mol. The van der Waals surface area contributed by atoms with E-state index in [1.54, 1.807) is 12.1 Å². The van der Waals surface area contributed by atoms with Crippen LogP contribution in [0, 0.1) is 0 Å². The topological polar surface area (TPSA) is 50.4 Å². The molecule has 27 heavy (non-hydrogen) atoms. The van der Waals surface area contributed by atoms with Gasteiger partial charge in [-0.3, -0.25) is 10.1 Å². The summed E-state index contributed by atoms with van der Waals surface area (Å²) in [6, 6.07) is 15.2. The molecule has 2 aromatic rings. The Kier molecular flexibility index (Phi) is 8.27. The van der Waals surface area contributed by atoms with E-state index in [1.165, 1.54) is 5.56 Å². The van der Waals surface area contributed by atoms with E-state index in [0.717, 1.165) is 24.9 Å². The van der Waals surface area contributed by atoms with Crippen LogP contribution in [0.2, 0.25) is 0 Å². The summed E-state index contributed by atoms with van der Waals surface area (Å²) in [7, 11) is 0. The van der Waals surface area contributed by atoms with Crippen LogP contribution in [0.3, 0.4) is 0 Å². The molecule has 2 aromatic carbocycles. The lowest BCUT2D eigenvalue weighted by atomic mass is 9.97. The number of carbonyl (C=O) groups excluding carboxylic acids is 1. The Morgan fingerprint density at radius 2 is 1.93 bits per heavy atom. The van der Waals surface area contributed by atoms with Gasteiger partial charge in [-0.1, -0.05) is 51.5 Å². The molecule has 0 aromatic heterocycles. The first-order valence-corrected chi connectivity index (χ1v) is 9.90. The second-order valence-electron chi connectivity index (χ2n) is 6.53. The number of amides is 1. The van der Waals surface area contributed by atoms with Crippen LogP contribution in [-0.2, 0) is 0 Å². The highest BCUT2D eigenvalue weighted by Crippen LogP contribution is 2.26. The van der Waals surface area contributed by atoms with Gasteiger partial charge < -0.3 is 10.1 Å². The average Bonchev–Trinajstić information content (AvgIpc) is 2.68. The third-order valence-corrected chi connectivity index (χ3v) is 4.65. The molecule has 0 bridgehead atoms. The molecule has 2 rings (SSSR count). The van der Waals surface area contributed by atoms with Crippen LogP contribution in [0.5, 0.6) is 5.75 Å². The van der Waals surface area contributed by atoms with E-state index in [1.807, 2.05) is 30.3 Å². The van der Waals surface area contributed by atoms with E-state index in [4.69, 9.17) is 17.0 Å². The highest BCUT2D eigenvalue weighted by molar-refractivity contribution is 7.80. The Labute approximate surface area is 167 Å². The van der Waals surface area contributed by atoms with Gasteiger partial charge in [-0.25, -0.2) is 0 Å². The molecule has 2 N–H and O–H groups in total. The van der Waals surface area contributed by atoms with E-state index in [9.17, 15) is 4.79 Å². The number of carbonyl (C=O) groups is 1. The van der Waals surface area contributed by atoms with Gasteiger partial charge in [-0.15, -0.1) is 0 Å². The van der Waals surface area contributed by atoms with Gasteiger partial charge in [-0.05, 0) is 60.8 Å². The van der Waals surface area contributed by atoms with Crippen molar-refractivity contribution in [3.63, 3.8) is 0 Å². The molecule has 0 aliphatic heterocycles. The number of nitrogens with one attached hydrogen (secondary N) is 2. The highest BCUT2D eigenvalue weighted by Gasteiger charge is 2.12. The Morgan fingerprint density at radius 3 is 2.67 bits per heavy atom. The van der Waals surface area contributed by atoms with Crippen molar-refractivity contribution in [1.82, 2.24) is 5.32 Å². The van der Waals surface area contributed by atoms with Gasteiger partial charge in [-0.2, -0.15) is 0 Å². The Balaban J connectivity index is 2.00. The molecule has 1 atom stereocenters. The summed E-state index contributed by atoms with van der Waals surface area (Å²) < 4.78 is 5.66. The van der Waals surface area contributed by atoms with E-state index >= 15 is 0 Å². The summed E-state index contributed by atoms with van der Waals surface area (Å²) in [5.74, 6) is 0.843. The number of ether oxygens (including phenoxy) is 1. The van der Waals surface area contributed by atoms with E-state index in [2.05, 4.69) is 37.5 Å². The molecule has 0 saturated heterocycles. The molecule has 144 valence electrons. The lowest BCUT2D eigenvalue weighted by molar-refractivity contribution is 0.0977. The zero-order valence-electron chi connectivity index (χ0n) is 16.2. The number of anilines is 1. The van der Waals surface area contributed by atoms with Crippen molar-refractivity contribution in [3.8, 4) is 5.75 Å². The van der Waals surface area contributed by atoms with Crippen LogP contribution >= 0.6 is 12.2 Å². The minimum atomic E-state index is -0.255. The van der Waals surface area contributed by atoms with Crippen LogP contribution in [0.25, 0.3) is 0 Å². The molecule has 1 unspecified atom stereocenters. The van der Waals surface area contributed by atoms with E-state index in [-0.39, 0.29) is 11.0 Å². The third-order valence-electron chi connectivity index (χ3n) is 4.44. The number of para-hydroxylation sites is 1. The molecular weight excluding hydrogens is 356 g/mol. The van der Waals surface area contributed by atoms with Crippen LogP contribution in [0.1, 0.15) is 61.9 Å². The van der Waals surface area contributed by atoms with Crippen molar-refractivity contribution in [2.24, 2.45) is 0 Å².